The molecular weight excluding hydrogens is 517 g/mol. The zero-order chi connectivity index (χ0) is 25.9. The van der Waals surface area contributed by atoms with Crippen LogP contribution in [0.3, 0.4) is 0 Å². The molecule has 0 saturated carbocycles. The van der Waals surface area contributed by atoms with Crippen molar-refractivity contribution in [1.82, 2.24) is 14.6 Å². The van der Waals surface area contributed by atoms with Gasteiger partial charge in [0, 0.05) is 17.7 Å². The quantitative estimate of drug-likeness (QED) is 0.143. The highest BCUT2D eigenvalue weighted by Crippen LogP contribution is 2.37. The Balaban J connectivity index is 1.51. The molecule has 0 radical (unpaired) electrons. The maximum absolute atomic E-state index is 13.3. The first kappa shape index (κ1) is 24.1. The van der Waals surface area contributed by atoms with Crippen LogP contribution < -0.4 is 10.3 Å². The van der Waals surface area contributed by atoms with Crippen LogP contribution in [-0.2, 0) is 0 Å². The zero-order valence-corrected chi connectivity index (χ0v) is 20.3. The monoisotopic (exact) mass is 531 g/mol. The van der Waals surface area contributed by atoms with Gasteiger partial charge >= 0.3 is 0 Å². The molecule has 37 heavy (non-hydrogen) atoms. The fourth-order valence-electron chi connectivity index (χ4n) is 3.53. The largest absolute Gasteiger partial charge is 0.436 e. The molecule has 11 heteroatoms. The van der Waals surface area contributed by atoms with Gasteiger partial charge < -0.3 is 4.74 Å². The lowest BCUT2D eigenvalue weighted by molar-refractivity contribution is -0.385. The topological polar surface area (TPSA) is 113 Å². The number of ether oxygens (including phenoxy) is 1. The van der Waals surface area contributed by atoms with Gasteiger partial charge in [-0.2, -0.15) is 9.78 Å². The van der Waals surface area contributed by atoms with Crippen molar-refractivity contribution in [2.24, 2.45) is 5.10 Å². The van der Waals surface area contributed by atoms with Gasteiger partial charge in [0.1, 0.15) is 6.20 Å². The fraction of sp³-hybridized carbons (Fsp3) is 0. The van der Waals surface area contributed by atoms with Crippen LogP contribution >= 0.6 is 23.2 Å². The summed E-state index contributed by atoms with van der Waals surface area (Å²) in [5, 5.41) is 16.0. The Labute approximate surface area is 219 Å². The molecule has 0 aliphatic rings. The standard InChI is InChI=1S/C26H15Cl2N5O4/c27-20-12-16(13-21(28)24(20)37-23-11-10-18(15-29-23)33(35)36)14-30-32-25(17-6-2-1-3-7-17)31-22-9-5-4-8-19(22)26(32)34/h1-15H. The van der Waals surface area contributed by atoms with Crippen molar-refractivity contribution >= 4 is 46.0 Å². The molecule has 0 amide bonds. The van der Waals surface area contributed by atoms with Gasteiger partial charge in [-0.05, 0) is 29.8 Å². The van der Waals surface area contributed by atoms with Crippen molar-refractivity contribution < 1.29 is 9.66 Å². The Morgan fingerprint density at radius 1 is 0.973 bits per heavy atom. The predicted octanol–water partition coefficient (Wildman–Crippen LogP) is 6.35. The summed E-state index contributed by atoms with van der Waals surface area (Å²) >= 11 is 12.8. The number of hydrogen-bond acceptors (Lipinski definition) is 7. The summed E-state index contributed by atoms with van der Waals surface area (Å²) in [5.74, 6) is 0.579. The van der Waals surface area contributed by atoms with Crippen LogP contribution in [0.15, 0.2) is 95.0 Å². The average Bonchev–Trinajstić information content (AvgIpc) is 2.91. The molecule has 0 atom stereocenters. The Hall–Kier alpha value is -4.60. The van der Waals surface area contributed by atoms with E-state index in [1.165, 1.54) is 23.0 Å². The van der Waals surface area contributed by atoms with Crippen LogP contribution in [-0.4, -0.2) is 25.8 Å². The van der Waals surface area contributed by atoms with Crippen molar-refractivity contribution in [3.8, 4) is 23.0 Å². The summed E-state index contributed by atoms with van der Waals surface area (Å²) in [4.78, 5) is 32.1. The summed E-state index contributed by atoms with van der Waals surface area (Å²) in [6.45, 7) is 0. The second-order valence-electron chi connectivity index (χ2n) is 7.71. The highest BCUT2D eigenvalue weighted by atomic mass is 35.5. The van der Waals surface area contributed by atoms with Crippen LogP contribution in [0.2, 0.25) is 10.0 Å². The number of para-hydroxylation sites is 1. The minimum atomic E-state index is -0.565. The molecular formula is C26H15Cl2N5O4. The number of rotatable bonds is 6. The Kier molecular flexibility index (Phi) is 6.63. The molecule has 5 aromatic rings. The molecule has 0 fully saturated rings. The maximum atomic E-state index is 13.3. The first-order valence-corrected chi connectivity index (χ1v) is 11.6. The second-order valence-corrected chi connectivity index (χ2v) is 8.52. The summed E-state index contributed by atoms with van der Waals surface area (Å²) in [7, 11) is 0. The predicted molar refractivity (Wildman–Crippen MR) is 142 cm³/mol. The van der Waals surface area contributed by atoms with Crippen molar-refractivity contribution in [1.29, 1.82) is 0 Å². The Morgan fingerprint density at radius 2 is 1.68 bits per heavy atom. The van der Waals surface area contributed by atoms with Crippen molar-refractivity contribution in [3.63, 3.8) is 0 Å². The number of halogens is 2. The number of benzene rings is 3. The van der Waals surface area contributed by atoms with E-state index in [9.17, 15) is 14.9 Å². The molecule has 0 aliphatic heterocycles. The van der Waals surface area contributed by atoms with Gasteiger partial charge in [0.25, 0.3) is 11.2 Å². The number of nitro groups is 1. The summed E-state index contributed by atoms with van der Waals surface area (Å²) in [6, 6.07) is 22.0. The lowest BCUT2D eigenvalue weighted by Crippen LogP contribution is -2.20. The molecule has 0 aliphatic carbocycles. The van der Waals surface area contributed by atoms with Crippen molar-refractivity contribution in [3.05, 3.63) is 121 Å². The van der Waals surface area contributed by atoms with E-state index < -0.39 is 4.92 Å². The van der Waals surface area contributed by atoms with E-state index in [0.717, 1.165) is 11.8 Å². The SMILES string of the molecule is O=c1c2ccccc2nc(-c2ccccc2)n1N=Cc1cc(Cl)c(Oc2ccc([N+](=O)[O-])cn2)c(Cl)c1. The molecule has 0 spiro atoms. The van der Waals surface area contributed by atoms with E-state index in [4.69, 9.17) is 27.9 Å². The Morgan fingerprint density at radius 3 is 2.35 bits per heavy atom. The van der Waals surface area contributed by atoms with Crippen molar-refractivity contribution in [2.75, 3.05) is 0 Å². The molecule has 182 valence electrons. The van der Waals surface area contributed by atoms with E-state index >= 15 is 0 Å². The van der Waals surface area contributed by atoms with Gasteiger partial charge in [-0.15, -0.1) is 0 Å². The molecule has 0 N–H and O–H groups in total. The molecule has 2 aromatic heterocycles. The fourth-order valence-corrected chi connectivity index (χ4v) is 4.11. The van der Waals surface area contributed by atoms with Crippen LogP contribution in [0.5, 0.6) is 11.6 Å². The lowest BCUT2D eigenvalue weighted by atomic mass is 10.2. The number of aromatic nitrogens is 3. The summed E-state index contributed by atoms with van der Waals surface area (Å²) < 4.78 is 6.86. The third kappa shape index (κ3) is 5.04. The Bertz CT molecular complexity index is 1700. The normalized spacial score (nSPS) is 11.2. The first-order valence-electron chi connectivity index (χ1n) is 10.8. The maximum Gasteiger partial charge on any atom is 0.287 e. The second kappa shape index (κ2) is 10.2. The molecule has 3 aromatic carbocycles. The minimum Gasteiger partial charge on any atom is -0.436 e. The molecule has 5 rings (SSSR count). The molecule has 2 heterocycles. The molecule has 9 nitrogen and oxygen atoms in total. The lowest BCUT2D eigenvalue weighted by Gasteiger charge is -2.11. The summed E-state index contributed by atoms with van der Waals surface area (Å²) in [5.41, 5.74) is 1.27. The van der Waals surface area contributed by atoms with Crippen LogP contribution in [0, 0.1) is 10.1 Å². The zero-order valence-electron chi connectivity index (χ0n) is 18.8. The van der Waals surface area contributed by atoms with Crippen LogP contribution in [0.1, 0.15) is 5.56 Å². The van der Waals surface area contributed by atoms with Crippen LogP contribution in [0.4, 0.5) is 5.69 Å². The van der Waals surface area contributed by atoms with Crippen LogP contribution in [0.25, 0.3) is 22.3 Å². The van der Waals surface area contributed by atoms with Gasteiger partial charge in [0.2, 0.25) is 5.88 Å². The summed E-state index contributed by atoms with van der Waals surface area (Å²) in [6.07, 6.45) is 2.51. The smallest absolute Gasteiger partial charge is 0.287 e. The number of hydrogen-bond donors (Lipinski definition) is 0. The third-order valence-electron chi connectivity index (χ3n) is 5.27. The van der Waals surface area contributed by atoms with E-state index in [-0.39, 0.29) is 32.9 Å². The van der Waals surface area contributed by atoms with Gasteiger partial charge in [-0.3, -0.25) is 14.9 Å². The number of fused-ring (bicyclic) bond motifs is 1. The average molecular weight is 532 g/mol. The molecule has 0 bridgehead atoms. The highest BCUT2D eigenvalue weighted by Gasteiger charge is 2.14. The number of nitrogens with zero attached hydrogens (tertiary/aromatic N) is 5. The van der Waals surface area contributed by atoms with E-state index in [2.05, 4.69) is 15.1 Å². The van der Waals surface area contributed by atoms with Gasteiger partial charge in [-0.25, -0.2) is 9.97 Å². The van der Waals surface area contributed by atoms with E-state index in [0.29, 0.717) is 22.3 Å². The van der Waals surface area contributed by atoms with E-state index in [1.54, 1.807) is 30.3 Å². The number of pyridine rings is 1. The van der Waals surface area contributed by atoms with Gasteiger partial charge in [0.05, 0.1) is 32.1 Å². The van der Waals surface area contributed by atoms with Crippen molar-refractivity contribution in [2.45, 2.75) is 0 Å². The minimum absolute atomic E-state index is 0.0807. The molecule has 0 saturated heterocycles. The third-order valence-corrected chi connectivity index (χ3v) is 5.83. The van der Waals surface area contributed by atoms with Gasteiger partial charge in [-0.1, -0.05) is 65.7 Å². The first-order chi connectivity index (χ1) is 17.9. The molecule has 0 unspecified atom stereocenters. The highest BCUT2D eigenvalue weighted by molar-refractivity contribution is 6.37. The van der Waals surface area contributed by atoms with E-state index in [1.807, 2.05) is 36.4 Å². The van der Waals surface area contributed by atoms with Gasteiger partial charge in [0.15, 0.2) is 11.6 Å².